The van der Waals surface area contributed by atoms with Crippen LogP contribution < -0.4 is 5.32 Å². The quantitative estimate of drug-likeness (QED) is 0.832. The van der Waals surface area contributed by atoms with E-state index in [1.165, 1.54) is 0 Å². The van der Waals surface area contributed by atoms with Gasteiger partial charge in [-0.15, -0.1) is 0 Å². The van der Waals surface area contributed by atoms with Gasteiger partial charge in [0, 0.05) is 13.1 Å². The number of hydrogen-bond donors (Lipinski definition) is 2. The summed E-state index contributed by atoms with van der Waals surface area (Å²) in [6.07, 6.45) is 0.689. The van der Waals surface area contributed by atoms with Crippen LogP contribution in [0.1, 0.15) is 20.3 Å². The zero-order chi connectivity index (χ0) is 12.3. The van der Waals surface area contributed by atoms with Gasteiger partial charge in [0.1, 0.15) is 0 Å². The molecular formula is C13H19N3O. The molecule has 0 saturated carbocycles. The monoisotopic (exact) mass is 233 g/mol. The third-order valence-corrected chi connectivity index (χ3v) is 2.66. The van der Waals surface area contributed by atoms with Crippen LogP contribution in [0.4, 0.5) is 5.95 Å². The highest BCUT2D eigenvalue weighted by atomic mass is 16.3. The molecule has 1 aromatic heterocycles. The predicted molar refractivity (Wildman–Crippen MR) is 70.2 cm³/mol. The van der Waals surface area contributed by atoms with Crippen molar-refractivity contribution in [1.29, 1.82) is 0 Å². The van der Waals surface area contributed by atoms with Crippen molar-refractivity contribution in [2.24, 2.45) is 0 Å². The SMILES string of the molecule is CCCn1c(NC[C@@H](C)O)nc2ccccc21. The molecule has 0 radical (unpaired) electrons. The fourth-order valence-corrected chi connectivity index (χ4v) is 1.90. The molecule has 2 N–H and O–H groups in total. The number of nitrogens with zero attached hydrogens (tertiary/aromatic N) is 2. The summed E-state index contributed by atoms with van der Waals surface area (Å²) in [6.45, 7) is 5.36. The van der Waals surface area contributed by atoms with Gasteiger partial charge in [-0.05, 0) is 25.5 Å². The van der Waals surface area contributed by atoms with Crippen LogP contribution in [-0.4, -0.2) is 27.3 Å². The van der Waals surface area contributed by atoms with Crippen LogP contribution in [0.25, 0.3) is 11.0 Å². The van der Waals surface area contributed by atoms with E-state index in [1.807, 2.05) is 18.2 Å². The van der Waals surface area contributed by atoms with E-state index in [0.717, 1.165) is 29.9 Å². The van der Waals surface area contributed by atoms with E-state index in [2.05, 4.69) is 27.9 Å². The molecule has 1 aromatic carbocycles. The lowest BCUT2D eigenvalue weighted by atomic mass is 10.3. The molecule has 2 rings (SSSR count). The molecule has 2 aromatic rings. The normalized spacial score (nSPS) is 12.9. The average Bonchev–Trinajstić information content (AvgIpc) is 2.66. The van der Waals surface area contributed by atoms with Gasteiger partial charge < -0.3 is 15.0 Å². The number of fused-ring (bicyclic) bond motifs is 1. The molecule has 4 nitrogen and oxygen atoms in total. The van der Waals surface area contributed by atoms with E-state index >= 15 is 0 Å². The zero-order valence-corrected chi connectivity index (χ0v) is 10.3. The number of aromatic nitrogens is 2. The maximum Gasteiger partial charge on any atom is 0.203 e. The second kappa shape index (κ2) is 5.19. The highest BCUT2D eigenvalue weighted by Crippen LogP contribution is 2.19. The van der Waals surface area contributed by atoms with Crippen LogP contribution in [0.15, 0.2) is 24.3 Å². The van der Waals surface area contributed by atoms with Crippen LogP contribution in [0, 0.1) is 0 Å². The number of nitrogens with one attached hydrogen (secondary N) is 1. The summed E-state index contributed by atoms with van der Waals surface area (Å²) < 4.78 is 2.16. The summed E-state index contributed by atoms with van der Waals surface area (Å²) in [5.74, 6) is 0.842. The second-order valence-electron chi connectivity index (χ2n) is 4.31. The van der Waals surface area contributed by atoms with Crippen LogP contribution in [0.2, 0.25) is 0 Å². The fraction of sp³-hybridized carbons (Fsp3) is 0.462. The maximum absolute atomic E-state index is 9.31. The van der Waals surface area contributed by atoms with Crippen molar-refractivity contribution in [1.82, 2.24) is 9.55 Å². The summed E-state index contributed by atoms with van der Waals surface area (Å²) in [5.41, 5.74) is 2.14. The van der Waals surface area contributed by atoms with Crippen LogP contribution in [-0.2, 0) is 6.54 Å². The molecule has 0 aliphatic heterocycles. The zero-order valence-electron chi connectivity index (χ0n) is 10.3. The minimum Gasteiger partial charge on any atom is -0.392 e. The average molecular weight is 233 g/mol. The molecular weight excluding hydrogens is 214 g/mol. The fourth-order valence-electron chi connectivity index (χ4n) is 1.90. The lowest BCUT2D eigenvalue weighted by Gasteiger charge is -2.10. The predicted octanol–water partition coefficient (Wildman–Crippen LogP) is 2.24. The Kier molecular flexibility index (Phi) is 3.64. The largest absolute Gasteiger partial charge is 0.392 e. The number of anilines is 1. The third kappa shape index (κ3) is 2.58. The van der Waals surface area contributed by atoms with Gasteiger partial charge in [0.05, 0.1) is 17.1 Å². The first kappa shape index (κ1) is 11.9. The molecule has 92 valence electrons. The minimum absolute atomic E-state index is 0.370. The number of aryl methyl sites for hydroxylation is 1. The Balaban J connectivity index is 2.35. The van der Waals surface area contributed by atoms with Crippen LogP contribution in [0.3, 0.4) is 0 Å². The number of aliphatic hydroxyl groups excluding tert-OH is 1. The molecule has 0 amide bonds. The van der Waals surface area contributed by atoms with Gasteiger partial charge in [-0.3, -0.25) is 0 Å². The van der Waals surface area contributed by atoms with E-state index in [0.29, 0.717) is 6.54 Å². The summed E-state index contributed by atoms with van der Waals surface area (Å²) >= 11 is 0. The standard InChI is InChI=1S/C13H19N3O/c1-3-8-16-12-7-5-4-6-11(12)15-13(16)14-9-10(2)17/h4-7,10,17H,3,8-9H2,1-2H3,(H,14,15)/t10-/m1/s1. The van der Waals surface area contributed by atoms with Crippen molar-refractivity contribution in [3.8, 4) is 0 Å². The molecule has 0 unspecified atom stereocenters. The Labute approximate surface area is 101 Å². The molecule has 0 fully saturated rings. The minimum atomic E-state index is -0.370. The van der Waals surface area contributed by atoms with E-state index in [1.54, 1.807) is 6.92 Å². The smallest absolute Gasteiger partial charge is 0.203 e. The second-order valence-corrected chi connectivity index (χ2v) is 4.31. The van der Waals surface area contributed by atoms with Crippen molar-refractivity contribution in [3.63, 3.8) is 0 Å². The van der Waals surface area contributed by atoms with E-state index in [9.17, 15) is 5.11 Å². The maximum atomic E-state index is 9.31. The van der Waals surface area contributed by atoms with Gasteiger partial charge in [0.2, 0.25) is 5.95 Å². The number of imidazole rings is 1. The lowest BCUT2D eigenvalue weighted by Crippen LogP contribution is -2.18. The summed E-state index contributed by atoms with van der Waals surface area (Å²) in [6, 6.07) is 8.10. The number of rotatable bonds is 5. The van der Waals surface area contributed by atoms with Crippen molar-refractivity contribution in [3.05, 3.63) is 24.3 Å². The van der Waals surface area contributed by atoms with Gasteiger partial charge in [-0.25, -0.2) is 4.98 Å². The topological polar surface area (TPSA) is 50.1 Å². The van der Waals surface area contributed by atoms with Crippen LogP contribution >= 0.6 is 0 Å². The van der Waals surface area contributed by atoms with Crippen molar-refractivity contribution < 1.29 is 5.11 Å². The van der Waals surface area contributed by atoms with Gasteiger partial charge >= 0.3 is 0 Å². The first-order valence-corrected chi connectivity index (χ1v) is 6.09. The van der Waals surface area contributed by atoms with Gasteiger partial charge in [0.25, 0.3) is 0 Å². The Morgan fingerprint density at radius 1 is 1.41 bits per heavy atom. The van der Waals surface area contributed by atoms with Gasteiger partial charge in [-0.2, -0.15) is 0 Å². The molecule has 1 heterocycles. The number of benzene rings is 1. The number of hydrogen-bond acceptors (Lipinski definition) is 3. The number of aliphatic hydroxyl groups is 1. The van der Waals surface area contributed by atoms with Gasteiger partial charge in [0.15, 0.2) is 0 Å². The Hall–Kier alpha value is -1.55. The molecule has 0 aliphatic carbocycles. The van der Waals surface area contributed by atoms with Crippen molar-refractivity contribution >= 4 is 17.0 Å². The van der Waals surface area contributed by atoms with Gasteiger partial charge in [-0.1, -0.05) is 19.1 Å². The molecule has 0 aliphatic rings. The first-order valence-electron chi connectivity index (χ1n) is 6.09. The highest BCUT2D eigenvalue weighted by molar-refractivity contribution is 5.78. The molecule has 0 saturated heterocycles. The highest BCUT2D eigenvalue weighted by Gasteiger charge is 2.09. The first-order chi connectivity index (χ1) is 8.22. The molecule has 0 bridgehead atoms. The van der Waals surface area contributed by atoms with E-state index < -0.39 is 0 Å². The van der Waals surface area contributed by atoms with Crippen LogP contribution in [0.5, 0.6) is 0 Å². The Morgan fingerprint density at radius 2 is 2.18 bits per heavy atom. The van der Waals surface area contributed by atoms with E-state index in [-0.39, 0.29) is 6.10 Å². The summed E-state index contributed by atoms with van der Waals surface area (Å²) in [7, 11) is 0. The van der Waals surface area contributed by atoms with Crippen molar-refractivity contribution in [2.75, 3.05) is 11.9 Å². The summed E-state index contributed by atoms with van der Waals surface area (Å²) in [4.78, 5) is 4.54. The Morgan fingerprint density at radius 3 is 2.88 bits per heavy atom. The molecule has 1 atom stereocenters. The third-order valence-electron chi connectivity index (χ3n) is 2.66. The van der Waals surface area contributed by atoms with E-state index in [4.69, 9.17) is 0 Å². The van der Waals surface area contributed by atoms with Crippen molar-refractivity contribution in [2.45, 2.75) is 32.9 Å². The molecule has 4 heteroatoms. The number of para-hydroxylation sites is 2. The Bertz CT molecular complexity index is 490. The molecule has 17 heavy (non-hydrogen) atoms. The molecule has 0 spiro atoms. The lowest BCUT2D eigenvalue weighted by molar-refractivity contribution is 0.208. The summed E-state index contributed by atoms with van der Waals surface area (Å²) in [5, 5.41) is 12.5.